The number of hydrogen-bond donors (Lipinski definition) is 0. The second-order valence-electron chi connectivity index (χ2n) is 15.2. The van der Waals surface area contributed by atoms with Crippen molar-refractivity contribution in [2.24, 2.45) is 0 Å². The lowest BCUT2D eigenvalue weighted by Gasteiger charge is -2.29. The van der Waals surface area contributed by atoms with Crippen molar-refractivity contribution in [1.29, 1.82) is 0 Å². The Labute approximate surface area is 366 Å². The molecule has 0 heterocycles. The van der Waals surface area contributed by atoms with E-state index in [1.54, 1.807) is 36.4 Å². The van der Waals surface area contributed by atoms with E-state index in [2.05, 4.69) is 0 Å². The van der Waals surface area contributed by atoms with Crippen molar-refractivity contribution < 1.29 is 38.4 Å². The number of aryl methyl sites for hydroxylation is 3. The van der Waals surface area contributed by atoms with Crippen molar-refractivity contribution in [2.45, 2.75) is 54.7 Å². The van der Waals surface area contributed by atoms with Crippen LogP contribution in [0.1, 0.15) is 36.0 Å². The lowest BCUT2D eigenvalue weighted by atomic mass is 9.87. The molecule has 1 fully saturated rings. The van der Waals surface area contributed by atoms with Crippen LogP contribution in [0, 0.1) is 38.2 Å². The molecular formula is C48H42F3N3O6S3. The summed E-state index contributed by atoms with van der Waals surface area (Å²) >= 11 is 0. The molecule has 0 atom stereocenters. The van der Waals surface area contributed by atoms with Crippen LogP contribution in [0.3, 0.4) is 0 Å². The molecule has 1 saturated carbocycles. The smallest absolute Gasteiger partial charge is 0.242 e. The number of sulfonamides is 3. The van der Waals surface area contributed by atoms with Gasteiger partial charge in [-0.3, -0.25) is 0 Å². The van der Waals surface area contributed by atoms with Gasteiger partial charge in [-0.25, -0.2) is 51.3 Å². The van der Waals surface area contributed by atoms with Gasteiger partial charge in [0.15, 0.2) is 0 Å². The highest BCUT2D eigenvalue weighted by atomic mass is 32.2. The van der Waals surface area contributed by atoms with Crippen molar-refractivity contribution in [3.05, 3.63) is 215 Å². The Morgan fingerprint density at radius 3 is 0.762 bits per heavy atom. The summed E-state index contributed by atoms with van der Waals surface area (Å²) in [5.41, 5.74) is 3.93. The summed E-state index contributed by atoms with van der Waals surface area (Å²) in [6.07, 6.45) is 4.08. The minimum Gasteiger partial charge on any atom is -0.242 e. The van der Waals surface area contributed by atoms with E-state index in [1.165, 1.54) is 91.4 Å². The Bertz CT molecular complexity index is 2700. The zero-order chi connectivity index (χ0) is 45.1. The first-order valence-corrected chi connectivity index (χ1v) is 23.9. The molecule has 0 aliphatic heterocycles. The normalized spacial score (nSPS) is 13.3. The van der Waals surface area contributed by atoms with Crippen LogP contribution in [0.25, 0.3) is 0 Å². The fourth-order valence-corrected chi connectivity index (χ4v) is 11.1. The minimum atomic E-state index is -4.37. The monoisotopic (exact) mass is 909 g/mol. The van der Waals surface area contributed by atoms with Crippen molar-refractivity contribution in [2.75, 3.05) is 12.9 Å². The Kier molecular flexibility index (Phi) is 12.8. The fraction of sp³-hybridized carbons (Fsp3) is 0.125. The maximum absolute atomic E-state index is 14.5. The van der Waals surface area contributed by atoms with Crippen molar-refractivity contribution in [1.82, 2.24) is 0 Å². The first-order valence-electron chi connectivity index (χ1n) is 19.6. The zero-order valence-electron chi connectivity index (χ0n) is 34.4. The molecule has 1 aliphatic rings. The second kappa shape index (κ2) is 18.1. The molecule has 324 valence electrons. The van der Waals surface area contributed by atoms with Crippen LogP contribution < -0.4 is 12.9 Å². The van der Waals surface area contributed by atoms with Crippen LogP contribution >= 0.6 is 0 Å². The minimum absolute atomic E-state index is 0.0131. The summed E-state index contributed by atoms with van der Waals surface area (Å²) in [7, 11) is -13.1. The van der Waals surface area contributed by atoms with E-state index in [1.807, 2.05) is 20.8 Å². The molecular weight excluding hydrogens is 868 g/mol. The van der Waals surface area contributed by atoms with Gasteiger partial charge in [-0.1, -0.05) is 53.1 Å². The molecule has 9 nitrogen and oxygen atoms in total. The van der Waals surface area contributed by atoms with Crippen LogP contribution in [0.4, 0.5) is 30.2 Å². The number of allylic oxidation sites excluding steroid dienone is 3. The quantitative estimate of drug-likeness (QED) is 0.121. The lowest BCUT2D eigenvalue weighted by molar-refractivity contribution is 0.594. The maximum Gasteiger partial charge on any atom is 0.268 e. The summed E-state index contributed by atoms with van der Waals surface area (Å²) in [5, 5.41) is 0. The Hall–Kier alpha value is -6.42. The average molecular weight is 910 g/mol. The van der Waals surface area contributed by atoms with Gasteiger partial charge in [-0.15, -0.1) is 0 Å². The number of anilines is 3. The van der Waals surface area contributed by atoms with Crippen LogP contribution in [-0.4, -0.2) is 25.3 Å². The number of rotatable bonds is 12. The SMILES string of the molecule is Cc1ccc(S(=O)(=O)N(C=C2CC(=CN(c3ccc(F)cc3)S(=O)(=O)c3ccc(C)cc3)CC(=CN(c3ccc(F)cc3)S(=O)(=O)c3ccc(C)cc3)C2)c2ccc(F)cc2)cc1. The molecule has 1 aliphatic carbocycles. The zero-order valence-corrected chi connectivity index (χ0v) is 36.8. The highest BCUT2D eigenvalue weighted by Crippen LogP contribution is 2.38. The predicted molar refractivity (Wildman–Crippen MR) is 240 cm³/mol. The van der Waals surface area contributed by atoms with E-state index in [-0.39, 0.29) is 51.0 Å². The van der Waals surface area contributed by atoms with Gasteiger partial charge in [0, 0.05) is 18.6 Å². The van der Waals surface area contributed by atoms with Gasteiger partial charge in [0.1, 0.15) is 17.5 Å². The van der Waals surface area contributed by atoms with Crippen LogP contribution in [-0.2, 0) is 30.1 Å². The number of halogens is 3. The first kappa shape index (κ1) is 44.6. The third kappa shape index (κ3) is 10.1. The number of hydrogen-bond acceptors (Lipinski definition) is 6. The Morgan fingerprint density at radius 1 is 0.349 bits per heavy atom. The number of benzene rings is 6. The molecule has 15 heteroatoms. The molecule has 0 unspecified atom stereocenters. The van der Waals surface area contributed by atoms with Crippen LogP contribution in [0.15, 0.2) is 196 Å². The second-order valence-corrected chi connectivity index (χ2v) is 20.6. The molecule has 0 spiro atoms. The van der Waals surface area contributed by atoms with Gasteiger partial charge in [-0.05, 0) is 166 Å². The molecule has 6 aromatic carbocycles. The molecule has 0 radical (unpaired) electrons. The maximum atomic E-state index is 14.5. The van der Waals surface area contributed by atoms with E-state index >= 15 is 0 Å². The Balaban J connectivity index is 1.45. The third-order valence-corrected chi connectivity index (χ3v) is 15.3. The summed E-state index contributed by atoms with van der Waals surface area (Å²) in [6, 6.07) is 33.1. The molecule has 0 saturated heterocycles. The van der Waals surface area contributed by atoms with Gasteiger partial charge in [-0.2, -0.15) is 0 Å². The summed E-state index contributed by atoms with van der Waals surface area (Å²) < 4.78 is 133. The fourth-order valence-electron chi connectivity index (χ4n) is 6.92. The molecule has 6 aromatic rings. The summed E-state index contributed by atoms with van der Waals surface area (Å²) in [5.74, 6) is -1.80. The molecule has 0 amide bonds. The molecule has 0 aromatic heterocycles. The van der Waals surface area contributed by atoms with E-state index in [9.17, 15) is 38.4 Å². The van der Waals surface area contributed by atoms with E-state index in [4.69, 9.17) is 0 Å². The summed E-state index contributed by atoms with van der Waals surface area (Å²) in [4.78, 5) is -0.181. The molecule has 0 N–H and O–H groups in total. The Morgan fingerprint density at radius 2 is 0.556 bits per heavy atom. The predicted octanol–water partition coefficient (Wildman–Crippen LogP) is 10.9. The van der Waals surface area contributed by atoms with Crippen molar-refractivity contribution >= 4 is 47.1 Å². The van der Waals surface area contributed by atoms with Gasteiger partial charge in [0.25, 0.3) is 30.1 Å². The van der Waals surface area contributed by atoms with E-state index in [0.717, 1.165) is 66.0 Å². The number of nitrogens with zero attached hydrogens (tertiary/aromatic N) is 3. The van der Waals surface area contributed by atoms with Crippen LogP contribution in [0.5, 0.6) is 0 Å². The van der Waals surface area contributed by atoms with Gasteiger partial charge in [0.2, 0.25) is 0 Å². The third-order valence-electron chi connectivity index (χ3n) is 10.2. The van der Waals surface area contributed by atoms with Crippen LogP contribution in [0.2, 0.25) is 0 Å². The molecule has 63 heavy (non-hydrogen) atoms. The van der Waals surface area contributed by atoms with Crippen molar-refractivity contribution in [3.63, 3.8) is 0 Å². The van der Waals surface area contributed by atoms with Gasteiger partial charge < -0.3 is 0 Å². The van der Waals surface area contributed by atoms with E-state index in [0.29, 0.717) is 16.7 Å². The van der Waals surface area contributed by atoms with Gasteiger partial charge in [0.05, 0.1) is 31.7 Å². The van der Waals surface area contributed by atoms with E-state index < -0.39 is 47.5 Å². The largest absolute Gasteiger partial charge is 0.268 e. The van der Waals surface area contributed by atoms with Gasteiger partial charge >= 0.3 is 0 Å². The summed E-state index contributed by atoms with van der Waals surface area (Å²) in [6.45, 7) is 5.42. The highest BCUT2D eigenvalue weighted by molar-refractivity contribution is 7.93. The standard InChI is InChI=1S/C48H42F3N3O6S3/c1-34-4-22-46(23-5-34)61(55,56)52(43-16-10-40(49)11-17-43)31-37-28-38(32-53(44-18-12-41(50)13-19-44)62(57,58)47-24-6-35(2)7-25-47)30-39(29-37)33-54(45-20-14-42(51)15-21-45)63(59,60)48-26-8-36(3)9-27-48/h4-27,31-33H,28-30H2,1-3H3. The van der Waals surface area contributed by atoms with Crippen molar-refractivity contribution in [3.8, 4) is 0 Å². The molecule has 0 bridgehead atoms. The lowest BCUT2D eigenvalue weighted by Crippen LogP contribution is -2.29. The average Bonchev–Trinajstić information content (AvgIpc) is 3.25. The molecule has 7 rings (SSSR count). The topological polar surface area (TPSA) is 112 Å². The highest BCUT2D eigenvalue weighted by Gasteiger charge is 2.30. The first-order chi connectivity index (χ1) is 29.9.